The largest absolute Gasteiger partial charge is 0.478 e. The fraction of sp³-hybridized carbons (Fsp3) is 0.500. The molecular weight excluding hydrogens is 234 g/mol. The Bertz CT molecular complexity index is 474. The summed E-state index contributed by atoms with van der Waals surface area (Å²) in [5.41, 5.74) is 5.95. The molecule has 3 N–H and O–H groups in total. The maximum absolute atomic E-state index is 11.1. The quantitative estimate of drug-likeness (QED) is 0.814. The summed E-state index contributed by atoms with van der Waals surface area (Å²) in [6.07, 6.45) is 1.47. The molecule has 0 radical (unpaired) electrons. The Kier molecular flexibility index (Phi) is 3.13. The maximum Gasteiger partial charge on any atom is 0.337 e. The minimum absolute atomic E-state index is 0.0855. The predicted octanol–water partition coefficient (Wildman–Crippen LogP) is 0.977. The van der Waals surface area contributed by atoms with Gasteiger partial charge in [0.1, 0.15) is 0 Å². The average Bonchev–Trinajstić information content (AvgIpc) is 2.29. The van der Waals surface area contributed by atoms with Crippen molar-refractivity contribution in [1.29, 1.82) is 0 Å². The van der Waals surface area contributed by atoms with Gasteiger partial charge in [0.2, 0.25) is 0 Å². The van der Waals surface area contributed by atoms with Crippen molar-refractivity contribution in [1.82, 2.24) is 4.98 Å². The Balaban J connectivity index is 2.44. The number of ether oxygens (including phenoxy) is 1. The molecule has 6 nitrogen and oxygen atoms in total. The molecule has 18 heavy (non-hydrogen) atoms. The zero-order valence-corrected chi connectivity index (χ0v) is 10.5. The van der Waals surface area contributed by atoms with Crippen LogP contribution < -0.4 is 10.6 Å². The Morgan fingerprint density at radius 2 is 2.33 bits per heavy atom. The number of nitrogens with zero attached hydrogens (tertiary/aromatic N) is 2. The first-order chi connectivity index (χ1) is 8.43. The summed E-state index contributed by atoms with van der Waals surface area (Å²) in [5.74, 6) is -0.523. The zero-order chi connectivity index (χ0) is 13.3. The Morgan fingerprint density at radius 3 is 2.94 bits per heavy atom. The van der Waals surface area contributed by atoms with E-state index in [1.165, 1.54) is 12.3 Å². The number of nitrogen functional groups attached to an aromatic ring is 1. The highest BCUT2D eigenvalue weighted by Gasteiger charge is 2.33. The van der Waals surface area contributed by atoms with Gasteiger partial charge in [0.15, 0.2) is 5.82 Å². The number of anilines is 2. The van der Waals surface area contributed by atoms with Crippen LogP contribution in [0.3, 0.4) is 0 Å². The third-order valence-electron chi connectivity index (χ3n) is 3.10. The van der Waals surface area contributed by atoms with Crippen molar-refractivity contribution in [3.05, 3.63) is 17.8 Å². The highest BCUT2D eigenvalue weighted by atomic mass is 16.5. The van der Waals surface area contributed by atoms with E-state index in [2.05, 4.69) is 4.98 Å². The summed E-state index contributed by atoms with van der Waals surface area (Å²) in [6.45, 7) is 5.82. The molecule has 1 aliphatic heterocycles. The van der Waals surface area contributed by atoms with E-state index in [-0.39, 0.29) is 16.8 Å². The second-order valence-electron chi connectivity index (χ2n) is 4.92. The molecule has 0 aromatic carbocycles. The van der Waals surface area contributed by atoms with Crippen LogP contribution in [-0.4, -0.2) is 41.4 Å². The maximum atomic E-state index is 11.1. The van der Waals surface area contributed by atoms with Gasteiger partial charge in [0.05, 0.1) is 30.0 Å². The van der Waals surface area contributed by atoms with Crippen LogP contribution in [0.4, 0.5) is 11.5 Å². The number of morpholine rings is 1. The lowest BCUT2D eigenvalue weighted by molar-refractivity contribution is 0.0639. The second-order valence-corrected chi connectivity index (χ2v) is 4.92. The molecule has 0 amide bonds. The van der Waals surface area contributed by atoms with E-state index in [0.29, 0.717) is 25.6 Å². The van der Waals surface area contributed by atoms with Gasteiger partial charge < -0.3 is 20.5 Å². The first kappa shape index (κ1) is 12.6. The molecule has 0 bridgehead atoms. The number of nitrogens with two attached hydrogens (primary N) is 1. The standard InChI is InChI=1S/C12H17N3O3/c1-12(2)7-18-6-5-15(12)10-9(13)8(11(16)17)3-4-14-10/h3-4H,5-7,13H2,1-2H3,(H,16,17). The monoisotopic (exact) mass is 251 g/mol. The number of pyridine rings is 1. The van der Waals surface area contributed by atoms with E-state index in [1.54, 1.807) is 0 Å². The van der Waals surface area contributed by atoms with E-state index in [4.69, 9.17) is 15.6 Å². The van der Waals surface area contributed by atoms with Crippen LogP contribution in [0.2, 0.25) is 0 Å². The topological polar surface area (TPSA) is 88.7 Å². The summed E-state index contributed by atoms with van der Waals surface area (Å²) in [4.78, 5) is 17.3. The minimum Gasteiger partial charge on any atom is -0.478 e. The molecule has 0 spiro atoms. The van der Waals surface area contributed by atoms with Crippen LogP contribution in [0.1, 0.15) is 24.2 Å². The molecule has 2 rings (SSSR count). The van der Waals surface area contributed by atoms with E-state index >= 15 is 0 Å². The number of aromatic nitrogens is 1. The third-order valence-corrected chi connectivity index (χ3v) is 3.10. The van der Waals surface area contributed by atoms with Crippen LogP contribution in [0, 0.1) is 0 Å². The fourth-order valence-corrected chi connectivity index (χ4v) is 2.11. The average molecular weight is 251 g/mol. The normalized spacial score (nSPS) is 18.7. The lowest BCUT2D eigenvalue weighted by Crippen LogP contribution is -2.53. The molecule has 1 aromatic heterocycles. The van der Waals surface area contributed by atoms with Gasteiger partial charge in [-0.25, -0.2) is 9.78 Å². The number of carboxylic acids is 1. The molecule has 0 aliphatic carbocycles. The number of hydrogen-bond donors (Lipinski definition) is 2. The van der Waals surface area contributed by atoms with Crippen molar-refractivity contribution >= 4 is 17.5 Å². The molecule has 6 heteroatoms. The summed E-state index contributed by atoms with van der Waals surface area (Å²) >= 11 is 0. The van der Waals surface area contributed by atoms with Gasteiger partial charge in [-0.15, -0.1) is 0 Å². The van der Waals surface area contributed by atoms with Gasteiger partial charge in [0, 0.05) is 12.7 Å². The van der Waals surface area contributed by atoms with E-state index in [9.17, 15) is 4.79 Å². The Hall–Kier alpha value is -1.82. The molecule has 1 saturated heterocycles. The molecule has 1 aromatic rings. The smallest absolute Gasteiger partial charge is 0.337 e. The molecule has 1 aliphatic rings. The highest BCUT2D eigenvalue weighted by Crippen LogP contribution is 2.31. The van der Waals surface area contributed by atoms with E-state index in [0.717, 1.165) is 0 Å². The number of rotatable bonds is 2. The second kappa shape index (κ2) is 4.45. The number of aromatic carboxylic acids is 1. The van der Waals surface area contributed by atoms with Crippen LogP contribution >= 0.6 is 0 Å². The highest BCUT2D eigenvalue weighted by molar-refractivity contribution is 5.96. The Morgan fingerprint density at radius 1 is 1.61 bits per heavy atom. The molecule has 0 unspecified atom stereocenters. The third kappa shape index (κ3) is 2.11. The fourth-order valence-electron chi connectivity index (χ4n) is 2.11. The van der Waals surface area contributed by atoms with Gasteiger partial charge >= 0.3 is 5.97 Å². The lowest BCUT2D eigenvalue weighted by atomic mass is 10.0. The van der Waals surface area contributed by atoms with E-state index < -0.39 is 5.97 Å². The molecule has 98 valence electrons. The molecule has 2 heterocycles. The zero-order valence-electron chi connectivity index (χ0n) is 10.5. The molecule has 0 saturated carbocycles. The van der Waals surface area contributed by atoms with Gasteiger partial charge in [-0.1, -0.05) is 0 Å². The van der Waals surface area contributed by atoms with Crippen molar-refractivity contribution in [2.75, 3.05) is 30.4 Å². The van der Waals surface area contributed by atoms with Crippen molar-refractivity contribution in [2.24, 2.45) is 0 Å². The first-order valence-corrected chi connectivity index (χ1v) is 5.76. The summed E-state index contributed by atoms with van der Waals surface area (Å²) < 4.78 is 5.43. The predicted molar refractivity (Wildman–Crippen MR) is 67.9 cm³/mol. The first-order valence-electron chi connectivity index (χ1n) is 5.76. The number of carbonyl (C=O) groups is 1. The van der Waals surface area contributed by atoms with Gasteiger partial charge in [0.25, 0.3) is 0 Å². The Labute approximate surface area is 105 Å². The van der Waals surface area contributed by atoms with Crippen molar-refractivity contribution in [3.8, 4) is 0 Å². The van der Waals surface area contributed by atoms with Crippen LogP contribution in [-0.2, 0) is 4.74 Å². The minimum atomic E-state index is -1.04. The number of hydrogen-bond acceptors (Lipinski definition) is 5. The molecule has 0 atom stereocenters. The van der Waals surface area contributed by atoms with Crippen LogP contribution in [0.5, 0.6) is 0 Å². The van der Waals surface area contributed by atoms with Gasteiger partial charge in [-0.05, 0) is 19.9 Å². The summed E-state index contributed by atoms with van der Waals surface area (Å²) in [7, 11) is 0. The van der Waals surface area contributed by atoms with E-state index in [1.807, 2.05) is 18.7 Å². The van der Waals surface area contributed by atoms with Gasteiger partial charge in [-0.2, -0.15) is 0 Å². The summed E-state index contributed by atoms with van der Waals surface area (Å²) in [6, 6.07) is 1.41. The van der Waals surface area contributed by atoms with Gasteiger partial charge in [-0.3, -0.25) is 0 Å². The van der Waals surface area contributed by atoms with Crippen molar-refractivity contribution in [2.45, 2.75) is 19.4 Å². The molecular formula is C12H17N3O3. The van der Waals surface area contributed by atoms with Crippen LogP contribution in [0.25, 0.3) is 0 Å². The lowest BCUT2D eigenvalue weighted by Gasteiger charge is -2.43. The summed E-state index contributed by atoms with van der Waals surface area (Å²) in [5, 5.41) is 9.07. The molecule has 1 fully saturated rings. The van der Waals surface area contributed by atoms with Crippen molar-refractivity contribution in [3.63, 3.8) is 0 Å². The number of carboxylic acid groups (broad SMARTS) is 1. The van der Waals surface area contributed by atoms with Crippen LogP contribution in [0.15, 0.2) is 12.3 Å². The van der Waals surface area contributed by atoms with Crippen molar-refractivity contribution < 1.29 is 14.6 Å². The SMILES string of the molecule is CC1(C)COCCN1c1nccc(C(=O)O)c1N.